The quantitative estimate of drug-likeness (QED) is 0.172. The van der Waals surface area contributed by atoms with Crippen LogP contribution in [0.3, 0.4) is 0 Å². The van der Waals surface area contributed by atoms with Crippen molar-refractivity contribution in [3.63, 3.8) is 0 Å². The maximum Gasteiger partial charge on any atom is 0.273 e. The standard InChI is InChI=1S/C37H39N3O7/c1-38-12-10-24-18-32(43-3)33-21-29(24)30(38)16-22-6-8-27(9-7-22)46-28-15-23(14-26(20-28)40(41)42)17-31-35-25(11-13-39(31)2)19-34(44-4)36(45-5)37(35)47-33/h6-9,14-15,18-21,30-31H,10-13,16-17H2,1-5H3/t30-,31+/m0/s1. The number of nitro groups is 1. The number of methoxy groups -OCH3 is 3. The van der Waals surface area contributed by atoms with E-state index < -0.39 is 0 Å². The third-order valence-corrected chi connectivity index (χ3v) is 9.79. The fourth-order valence-electron chi connectivity index (χ4n) is 7.28. The monoisotopic (exact) mass is 637 g/mol. The Morgan fingerprint density at radius 2 is 1.43 bits per heavy atom. The van der Waals surface area contributed by atoms with Gasteiger partial charge in [0.15, 0.2) is 23.0 Å². The highest BCUT2D eigenvalue weighted by molar-refractivity contribution is 5.64. The number of likely N-dealkylation sites (N-methyl/N-ethyl adjacent to an activating group) is 2. The predicted octanol–water partition coefficient (Wildman–Crippen LogP) is 7.06. The number of ether oxygens (including phenoxy) is 5. The minimum Gasteiger partial charge on any atom is -0.493 e. The van der Waals surface area contributed by atoms with Crippen molar-refractivity contribution >= 4 is 5.69 Å². The summed E-state index contributed by atoms with van der Waals surface area (Å²) in [5.74, 6) is 3.89. The van der Waals surface area contributed by atoms with Gasteiger partial charge in [-0.15, -0.1) is 0 Å². The third-order valence-electron chi connectivity index (χ3n) is 9.79. The first-order valence-electron chi connectivity index (χ1n) is 15.9. The summed E-state index contributed by atoms with van der Waals surface area (Å²) in [6, 6.07) is 19.1. The molecule has 0 spiro atoms. The number of hydrogen-bond donors (Lipinski definition) is 0. The molecule has 4 aromatic rings. The second-order valence-corrected chi connectivity index (χ2v) is 12.6. The van der Waals surface area contributed by atoms with Crippen LogP contribution in [0.5, 0.6) is 40.2 Å². The van der Waals surface area contributed by atoms with Crippen molar-refractivity contribution in [3.05, 3.63) is 104 Å². The van der Waals surface area contributed by atoms with Crippen molar-refractivity contribution < 1.29 is 28.6 Å². The van der Waals surface area contributed by atoms with E-state index in [2.05, 4.69) is 48.2 Å². The summed E-state index contributed by atoms with van der Waals surface area (Å²) in [6.45, 7) is 1.70. The van der Waals surface area contributed by atoms with E-state index in [4.69, 9.17) is 23.7 Å². The van der Waals surface area contributed by atoms with Crippen LogP contribution in [0.2, 0.25) is 0 Å². The molecule has 4 aliphatic rings. The maximum atomic E-state index is 12.1. The van der Waals surface area contributed by atoms with Crippen LogP contribution in [-0.4, -0.2) is 63.2 Å². The molecule has 4 aliphatic heterocycles. The van der Waals surface area contributed by atoms with Crippen LogP contribution in [0.4, 0.5) is 5.69 Å². The van der Waals surface area contributed by atoms with E-state index in [1.165, 1.54) is 17.2 Å². The van der Waals surface area contributed by atoms with Gasteiger partial charge in [-0.05, 0) is 104 Å². The molecule has 0 radical (unpaired) electrons. The van der Waals surface area contributed by atoms with E-state index in [1.54, 1.807) is 27.4 Å². The number of rotatable bonds is 4. The molecule has 244 valence electrons. The first kappa shape index (κ1) is 30.8. The van der Waals surface area contributed by atoms with Crippen LogP contribution >= 0.6 is 0 Å². The molecule has 0 fully saturated rings. The van der Waals surface area contributed by atoms with E-state index in [-0.39, 0.29) is 22.7 Å². The number of hydrogen-bond acceptors (Lipinski definition) is 9. The minimum atomic E-state index is -0.374. The lowest BCUT2D eigenvalue weighted by molar-refractivity contribution is -0.385. The Balaban J connectivity index is 1.48. The lowest BCUT2D eigenvalue weighted by Gasteiger charge is -2.37. The van der Waals surface area contributed by atoms with Gasteiger partial charge in [-0.3, -0.25) is 19.9 Å². The largest absolute Gasteiger partial charge is 0.493 e. The second-order valence-electron chi connectivity index (χ2n) is 12.6. The number of fused-ring (bicyclic) bond motifs is 2. The van der Waals surface area contributed by atoms with E-state index in [1.807, 2.05) is 24.3 Å². The molecular weight excluding hydrogens is 598 g/mol. The summed E-state index contributed by atoms with van der Waals surface area (Å²) in [5.41, 5.74) is 6.36. The molecule has 47 heavy (non-hydrogen) atoms. The fourth-order valence-corrected chi connectivity index (χ4v) is 7.28. The fraction of sp³-hybridized carbons (Fsp3) is 0.351. The van der Waals surface area contributed by atoms with Gasteiger partial charge in [0.1, 0.15) is 11.5 Å². The van der Waals surface area contributed by atoms with Crippen molar-refractivity contribution in [2.24, 2.45) is 0 Å². The van der Waals surface area contributed by atoms with Gasteiger partial charge >= 0.3 is 0 Å². The number of nitrogens with zero attached hydrogens (tertiary/aromatic N) is 3. The molecule has 2 atom stereocenters. The molecule has 0 unspecified atom stereocenters. The molecule has 8 rings (SSSR count). The molecule has 0 N–H and O–H groups in total. The van der Waals surface area contributed by atoms with Gasteiger partial charge in [0, 0.05) is 36.8 Å². The van der Waals surface area contributed by atoms with Gasteiger partial charge in [0.25, 0.3) is 5.69 Å². The van der Waals surface area contributed by atoms with Crippen molar-refractivity contribution in [1.29, 1.82) is 0 Å². The minimum absolute atomic E-state index is 0.0244. The summed E-state index contributed by atoms with van der Waals surface area (Å²) < 4.78 is 31.0. The topological polar surface area (TPSA) is 95.8 Å². The number of benzene rings is 4. The molecule has 0 aliphatic carbocycles. The average molecular weight is 638 g/mol. The van der Waals surface area contributed by atoms with Crippen LogP contribution in [0.1, 0.15) is 45.5 Å². The zero-order valence-corrected chi connectivity index (χ0v) is 27.4. The molecule has 0 saturated heterocycles. The summed E-state index contributed by atoms with van der Waals surface area (Å²) in [6.07, 6.45) is 2.92. The highest BCUT2D eigenvalue weighted by Crippen LogP contribution is 2.52. The van der Waals surface area contributed by atoms with Gasteiger partial charge in [-0.25, -0.2) is 0 Å². The Labute approximate surface area is 274 Å². The zero-order chi connectivity index (χ0) is 32.8. The van der Waals surface area contributed by atoms with Crippen molar-refractivity contribution in [1.82, 2.24) is 9.80 Å². The van der Waals surface area contributed by atoms with Gasteiger partial charge in [-0.1, -0.05) is 12.1 Å². The van der Waals surface area contributed by atoms with Crippen LogP contribution < -0.4 is 23.7 Å². The lowest BCUT2D eigenvalue weighted by atomic mass is 9.87. The van der Waals surface area contributed by atoms with E-state index in [0.717, 1.165) is 54.6 Å². The van der Waals surface area contributed by atoms with Gasteiger partial charge in [0.05, 0.1) is 32.3 Å². The molecule has 0 saturated carbocycles. The lowest BCUT2D eigenvalue weighted by Crippen LogP contribution is -2.34. The zero-order valence-electron chi connectivity index (χ0n) is 27.4. The number of non-ortho nitro benzene ring substituents is 1. The van der Waals surface area contributed by atoms with E-state index in [0.29, 0.717) is 46.7 Å². The van der Waals surface area contributed by atoms with Gasteiger partial charge < -0.3 is 23.7 Å². The molecule has 4 heterocycles. The Morgan fingerprint density at radius 3 is 2.13 bits per heavy atom. The van der Waals surface area contributed by atoms with E-state index >= 15 is 0 Å². The Hall–Kier alpha value is -4.80. The molecular formula is C37H39N3O7. The van der Waals surface area contributed by atoms with Crippen molar-refractivity contribution in [2.45, 2.75) is 37.8 Å². The van der Waals surface area contributed by atoms with Crippen LogP contribution in [-0.2, 0) is 25.7 Å². The summed E-state index contributed by atoms with van der Waals surface area (Å²) in [4.78, 5) is 16.3. The molecule has 10 heteroatoms. The predicted molar refractivity (Wildman–Crippen MR) is 178 cm³/mol. The Bertz CT molecular complexity index is 1840. The molecule has 4 aromatic carbocycles. The Kier molecular flexibility index (Phi) is 8.15. The summed E-state index contributed by atoms with van der Waals surface area (Å²) in [5, 5.41) is 12.1. The second kappa shape index (κ2) is 12.4. The normalized spacial score (nSPS) is 19.0. The van der Waals surface area contributed by atoms with Crippen LogP contribution in [0, 0.1) is 10.1 Å². The highest BCUT2D eigenvalue weighted by Gasteiger charge is 2.35. The Morgan fingerprint density at radius 1 is 0.745 bits per heavy atom. The molecule has 10 nitrogen and oxygen atoms in total. The highest BCUT2D eigenvalue weighted by atomic mass is 16.6. The van der Waals surface area contributed by atoms with Gasteiger partial charge in [0.2, 0.25) is 5.75 Å². The van der Waals surface area contributed by atoms with Crippen LogP contribution in [0.15, 0.2) is 60.7 Å². The third kappa shape index (κ3) is 5.72. The first-order chi connectivity index (χ1) is 22.8. The molecule has 0 amide bonds. The van der Waals surface area contributed by atoms with Crippen LogP contribution in [0.25, 0.3) is 0 Å². The molecule has 0 aromatic heterocycles. The summed E-state index contributed by atoms with van der Waals surface area (Å²) in [7, 11) is 9.13. The number of nitro benzene ring substituents is 1. The average Bonchev–Trinajstić information content (AvgIpc) is 3.07. The first-order valence-corrected chi connectivity index (χ1v) is 15.9. The molecule has 6 bridgehead atoms. The van der Waals surface area contributed by atoms with E-state index in [9.17, 15) is 10.1 Å². The maximum absolute atomic E-state index is 12.1. The van der Waals surface area contributed by atoms with Crippen molar-refractivity contribution in [2.75, 3.05) is 48.5 Å². The smallest absolute Gasteiger partial charge is 0.273 e. The van der Waals surface area contributed by atoms with Gasteiger partial charge in [-0.2, -0.15) is 0 Å². The van der Waals surface area contributed by atoms with Crippen molar-refractivity contribution in [3.8, 4) is 40.2 Å². The summed E-state index contributed by atoms with van der Waals surface area (Å²) >= 11 is 0. The SMILES string of the molecule is COc1cc2c3cc1Oc1c(OC)c(OC)cc4c1[C@@H](Cc1cc(cc([N+](=O)[O-])c1)Oc1ccc(cc1)C[C@@H]3N(C)CC2)N(C)CC4.